The van der Waals surface area contributed by atoms with Crippen LogP contribution in [0.25, 0.3) is 10.9 Å². The molecule has 0 aliphatic carbocycles. The quantitative estimate of drug-likeness (QED) is 0.813. The number of benzene rings is 1. The SMILES string of the molecule is O=C(c1n[nH]c2ccccc12)N1CCCCO1. The molecule has 0 spiro atoms. The predicted molar refractivity (Wildman–Crippen MR) is 62.3 cm³/mol. The van der Waals surface area contributed by atoms with E-state index >= 15 is 0 Å². The summed E-state index contributed by atoms with van der Waals surface area (Å²) in [6, 6.07) is 7.59. The van der Waals surface area contributed by atoms with E-state index in [1.807, 2.05) is 24.3 Å². The largest absolute Gasteiger partial charge is 0.298 e. The number of rotatable bonds is 1. The van der Waals surface area contributed by atoms with Gasteiger partial charge >= 0.3 is 0 Å². The number of nitrogens with zero attached hydrogens (tertiary/aromatic N) is 2. The minimum atomic E-state index is -0.165. The van der Waals surface area contributed by atoms with E-state index in [4.69, 9.17) is 4.84 Å². The molecule has 1 aromatic carbocycles. The summed E-state index contributed by atoms with van der Waals surface area (Å²) in [7, 11) is 0. The molecule has 0 bridgehead atoms. The van der Waals surface area contributed by atoms with Crippen LogP contribution >= 0.6 is 0 Å². The normalized spacial score (nSPS) is 16.4. The van der Waals surface area contributed by atoms with E-state index in [2.05, 4.69) is 10.2 Å². The van der Waals surface area contributed by atoms with Crippen LogP contribution in [0, 0.1) is 0 Å². The summed E-state index contributed by atoms with van der Waals surface area (Å²) < 4.78 is 0. The molecule has 1 amide bonds. The zero-order valence-corrected chi connectivity index (χ0v) is 9.35. The number of aromatic amines is 1. The number of carbonyl (C=O) groups excluding carboxylic acids is 1. The van der Waals surface area contributed by atoms with Crippen LogP contribution in [-0.4, -0.2) is 34.3 Å². The van der Waals surface area contributed by atoms with Crippen LogP contribution in [0.3, 0.4) is 0 Å². The van der Waals surface area contributed by atoms with Crippen LogP contribution in [0.5, 0.6) is 0 Å². The minimum Gasteiger partial charge on any atom is -0.277 e. The Hall–Kier alpha value is -1.88. The second-order valence-electron chi connectivity index (χ2n) is 4.07. The van der Waals surface area contributed by atoms with Crippen molar-refractivity contribution >= 4 is 16.8 Å². The van der Waals surface area contributed by atoms with Gasteiger partial charge in [0.1, 0.15) is 0 Å². The summed E-state index contributed by atoms with van der Waals surface area (Å²) in [6.07, 6.45) is 1.99. The van der Waals surface area contributed by atoms with Gasteiger partial charge in [-0.25, -0.2) is 5.06 Å². The third-order valence-electron chi connectivity index (χ3n) is 2.90. The zero-order valence-electron chi connectivity index (χ0n) is 9.35. The van der Waals surface area contributed by atoms with Crippen LogP contribution in [0.2, 0.25) is 0 Å². The van der Waals surface area contributed by atoms with Crippen molar-refractivity contribution in [1.82, 2.24) is 15.3 Å². The number of aromatic nitrogens is 2. The number of hydrogen-bond acceptors (Lipinski definition) is 3. The third-order valence-corrected chi connectivity index (χ3v) is 2.90. The summed E-state index contributed by atoms with van der Waals surface area (Å²) in [5, 5.41) is 9.18. The Morgan fingerprint density at radius 2 is 2.24 bits per heavy atom. The van der Waals surface area contributed by atoms with Crippen molar-refractivity contribution in [2.24, 2.45) is 0 Å². The van der Waals surface area contributed by atoms with E-state index in [0.717, 1.165) is 23.7 Å². The number of hydrogen-bond donors (Lipinski definition) is 1. The van der Waals surface area contributed by atoms with Crippen molar-refractivity contribution in [1.29, 1.82) is 0 Å². The van der Waals surface area contributed by atoms with E-state index < -0.39 is 0 Å². The molecule has 1 aromatic heterocycles. The molecule has 1 N–H and O–H groups in total. The van der Waals surface area contributed by atoms with Crippen molar-refractivity contribution in [2.45, 2.75) is 12.8 Å². The maximum atomic E-state index is 12.2. The Morgan fingerprint density at radius 1 is 1.35 bits per heavy atom. The predicted octanol–water partition coefficient (Wildman–Crippen LogP) is 1.73. The van der Waals surface area contributed by atoms with Crippen LogP contribution in [-0.2, 0) is 4.84 Å². The monoisotopic (exact) mass is 231 g/mol. The lowest BCUT2D eigenvalue weighted by Crippen LogP contribution is -2.36. The van der Waals surface area contributed by atoms with Gasteiger partial charge in [0.15, 0.2) is 5.69 Å². The van der Waals surface area contributed by atoms with Gasteiger partial charge in [0.25, 0.3) is 5.91 Å². The summed E-state index contributed by atoms with van der Waals surface area (Å²) in [6.45, 7) is 1.24. The number of para-hydroxylation sites is 1. The van der Waals surface area contributed by atoms with Gasteiger partial charge in [-0.05, 0) is 18.9 Å². The molecular weight excluding hydrogens is 218 g/mol. The highest BCUT2D eigenvalue weighted by Gasteiger charge is 2.23. The lowest BCUT2D eigenvalue weighted by atomic mass is 10.2. The average molecular weight is 231 g/mol. The first-order valence-corrected chi connectivity index (χ1v) is 5.74. The summed E-state index contributed by atoms with van der Waals surface area (Å²) in [5.41, 5.74) is 1.30. The first kappa shape index (κ1) is 10.3. The molecule has 0 unspecified atom stereocenters. The van der Waals surface area contributed by atoms with Gasteiger partial charge in [0.05, 0.1) is 12.1 Å². The zero-order chi connectivity index (χ0) is 11.7. The Bertz CT molecular complexity index is 543. The van der Waals surface area contributed by atoms with Gasteiger partial charge in [-0.15, -0.1) is 0 Å². The van der Waals surface area contributed by atoms with E-state index in [1.165, 1.54) is 5.06 Å². The fraction of sp³-hybridized carbons (Fsp3) is 0.333. The number of H-pyrrole nitrogens is 1. The molecule has 0 atom stereocenters. The van der Waals surface area contributed by atoms with E-state index in [0.29, 0.717) is 18.8 Å². The fourth-order valence-electron chi connectivity index (χ4n) is 2.00. The van der Waals surface area contributed by atoms with Crippen molar-refractivity contribution in [3.05, 3.63) is 30.0 Å². The standard InChI is InChI=1S/C12H13N3O2/c16-12(15-7-3-4-8-17-15)11-9-5-1-2-6-10(9)13-14-11/h1-2,5-6H,3-4,7-8H2,(H,13,14). The highest BCUT2D eigenvalue weighted by molar-refractivity contribution is 6.04. The highest BCUT2D eigenvalue weighted by atomic mass is 16.7. The van der Waals surface area contributed by atoms with Crippen LogP contribution in [0.4, 0.5) is 0 Å². The number of nitrogens with one attached hydrogen (secondary N) is 1. The molecule has 1 fully saturated rings. The molecule has 1 aliphatic rings. The number of hydroxylamine groups is 2. The van der Waals surface area contributed by atoms with Crippen molar-refractivity contribution < 1.29 is 9.63 Å². The lowest BCUT2D eigenvalue weighted by Gasteiger charge is -2.25. The Labute approximate surface area is 98.3 Å². The molecular formula is C12H13N3O2. The van der Waals surface area contributed by atoms with E-state index in [9.17, 15) is 4.79 Å². The molecule has 3 rings (SSSR count). The van der Waals surface area contributed by atoms with Crippen LogP contribution in [0.15, 0.2) is 24.3 Å². The average Bonchev–Trinajstić information content (AvgIpc) is 2.83. The molecule has 0 saturated carbocycles. The Balaban J connectivity index is 1.95. The molecule has 5 heteroatoms. The fourth-order valence-corrected chi connectivity index (χ4v) is 2.00. The number of fused-ring (bicyclic) bond motifs is 1. The summed E-state index contributed by atoms with van der Waals surface area (Å²) in [4.78, 5) is 17.5. The Kier molecular flexibility index (Phi) is 2.53. The third kappa shape index (κ3) is 1.78. The second kappa shape index (κ2) is 4.18. The van der Waals surface area contributed by atoms with Gasteiger partial charge in [-0.2, -0.15) is 5.10 Å². The molecule has 2 aromatic rings. The molecule has 0 radical (unpaired) electrons. The van der Waals surface area contributed by atoms with E-state index in [-0.39, 0.29) is 5.91 Å². The molecule has 1 aliphatic heterocycles. The smallest absolute Gasteiger partial charge is 0.277 e. The lowest BCUT2D eigenvalue weighted by molar-refractivity contribution is -0.144. The molecule has 88 valence electrons. The maximum Gasteiger partial charge on any atom is 0.298 e. The van der Waals surface area contributed by atoms with Gasteiger partial charge < -0.3 is 0 Å². The first-order chi connectivity index (χ1) is 8.36. The number of amides is 1. The topological polar surface area (TPSA) is 58.2 Å². The van der Waals surface area contributed by atoms with Gasteiger partial charge in [-0.1, -0.05) is 18.2 Å². The van der Waals surface area contributed by atoms with Crippen LogP contribution < -0.4 is 0 Å². The van der Waals surface area contributed by atoms with Gasteiger partial charge in [0, 0.05) is 11.9 Å². The van der Waals surface area contributed by atoms with Crippen molar-refractivity contribution in [3.63, 3.8) is 0 Å². The second-order valence-corrected chi connectivity index (χ2v) is 4.07. The number of carbonyl (C=O) groups is 1. The van der Waals surface area contributed by atoms with Gasteiger partial charge in [0.2, 0.25) is 0 Å². The van der Waals surface area contributed by atoms with Crippen LogP contribution in [0.1, 0.15) is 23.3 Å². The summed E-state index contributed by atoms with van der Waals surface area (Å²) >= 11 is 0. The molecule has 17 heavy (non-hydrogen) atoms. The highest BCUT2D eigenvalue weighted by Crippen LogP contribution is 2.18. The molecule has 1 saturated heterocycles. The first-order valence-electron chi connectivity index (χ1n) is 5.74. The summed E-state index contributed by atoms with van der Waals surface area (Å²) in [5.74, 6) is -0.165. The van der Waals surface area contributed by atoms with Gasteiger partial charge in [-0.3, -0.25) is 14.7 Å². The van der Waals surface area contributed by atoms with Crippen molar-refractivity contribution in [2.75, 3.05) is 13.2 Å². The van der Waals surface area contributed by atoms with E-state index in [1.54, 1.807) is 0 Å². The molecule has 2 heterocycles. The molecule has 5 nitrogen and oxygen atoms in total. The minimum absolute atomic E-state index is 0.165. The Morgan fingerprint density at radius 3 is 3.06 bits per heavy atom. The van der Waals surface area contributed by atoms with Crippen molar-refractivity contribution in [3.8, 4) is 0 Å². The maximum absolute atomic E-state index is 12.2.